The Morgan fingerprint density at radius 1 is 0.950 bits per heavy atom. The lowest BCUT2D eigenvalue weighted by Gasteiger charge is -2.16. The largest absolute Gasteiger partial charge is 0.453 e. The van der Waals surface area contributed by atoms with Crippen molar-refractivity contribution in [2.75, 3.05) is 16.0 Å². The molecule has 0 radical (unpaired) electrons. The highest BCUT2D eigenvalue weighted by Crippen LogP contribution is 2.48. The fraction of sp³-hybridized carbons (Fsp3) is 0.100. The second kappa shape index (κ2) is 9.96. The number of fused-ring (bicyclic) bond motifs is 2. The summed E-state index contributed by atoms with van der Waals surface area (Å²) < 4.78 is 19.2. The summed E-state index contributed by atoms with van der Waals surface area (Å²) in [5, 5.41) is 18.4. The van der Waals surface area contributed by atoms with Crippen molar-refractivity contribution in [1.29, 1.82) is 5.26 Å². The van der Waals surface area contributed by atoms with Crippen molar-refractivity contribution in [3.8, 4) is 17.6 Å². The molecule has 1 aliphatic heterocycles. The number of amides is 2. The van der Waals surface area contributed by atoms with Crippen LogP contribution in [0.15, 0.2) is 84.0 Å². The third-order valence-corrected chi connectivity index (χ3v) is 6.73. The first-order chi connectivity index (χ1) is 19.4. The van der Waals surface area contributed by atoms with Gasteiger partial charge >= 0.3 is 0 Å². The number of rotatable bonds is 6. The van der Waals surface area contributed by atoms with Crippen molar-refractivity contribution in [2.45, 2.75) is 12.8 Å². The van der Waals surface area contributed by atoms with Crippen LogP contribution >= 0.6 is 0 Å². The van der Waals surface area contributed by atoms with Crippen LogP contribution in [-0.2, 0) is 9.59 Å². The zero-order chi connectivity index (χ0) is 27.7. The van der Waals surface area contributed by atoms with Gasteiger partial charge in [-0.05, 0) is 67.4 Å². The molecular formula is C30H21FN6O3. The number of hydrogen-bond donors (Lipinski definition) is 3. The van der Waals surface area contributed by atoms with E-state index in [1.807, 2.05) is 24.3 Å². The number of halogens is 1. The van der Waals surface area contributed by atoms with Gasteiger partial charge in [0.15, 0.2) is 11.6 Å². The Bertz CT molecular complexity index is 1710. The summed E-state index contributed by atoms with van der Waals surface area (Å²) in [6, 6.07) is 21.7. The van der Waals surface area contributed by atoms with Gasteiger partial charge < -0.3 is 20.7 Å². The maximum Gasteiger partial charge on any atom is 0.240 e. The first-order valence-corrected chi connectivity index (χ1v) is 12.4. The minimum Gasteiger partial charge on any atom is -0.453 e. The molecule has 2 heterocycles. The second-order valence-electron chi connectivity index (χ2n) is 9.40. The van der Waals surface area contributed by atoms with Gasteiger partial charge in [-0.25, -0.2) is 14.4 Å². The number of ether oxygens (including phenoxy) is 1. The normalized spacial score (nSPS) is 13.9. The number of para-hydroxylation sites is 1. The number of carbonyl (C=O) groups is 2. The van der Waals surface area contributed by atoms with Crippen molar-refractivity contribution in [2.24, 2.45) is 10.4 Å². The molecule has 1 aromatic heterocycles. The van der Waals surface area contributed by atoms with Crippen molar-refractivity contribution in [3.05, 3.63) is 95.9 Å². The van der Waals surface area contributed by atoms with Crippen molar-refractivity contribution >= 4 is 46.6 Å². The van der Waals surface area contributed by atoms with Crippen LogP contribution in [0.5, 0.6) is 11.5 Å². The molecule has 9 nitrogen and oxygen atoms in total. The number of anilines is 4. The molecule has 1 saturated carbocycles. The van der Waals surface area contributed by atoms with E-state index in [4.69, 9.17) is 4.74 Å². The molecule has 0 bridgehead atoms. The molecule has 3 N–H and O–H groups in total. The Labute approximate surface area is 228 Å². The van der Waals surface area contributed by atoms with Crippen molar-refractivity contribution < 1.29 is 18.7 Å². The molecule has 0 unspecified atom stereocenters. The smallest absolute Gasteiger partial charge is 0.240 e. The Morgan fingerprint density at radius 3 is 2.25 bits per heavy atom. The van der Waals surface area contributed by atoms with E-state index in [-0.39, 0.29) is 11.3 Å². The lowest BCUT2D eigenvalue weighted by Crippen LogP contribution is -2.35. The van der Waals surface area contributed by atoms with Crippen LogP contribution in [0, 0.1) is 22.6 Å². The van der Waals surface area contributed by atoms with Crippen LogP contribution in [0.25, 0.3) is 0 Å². The van der Waals surface area contributed by atoms with Crippen LogP contribution in [0.1, 0.15) is 24.0 Å². The number of carbonyl (C=O) groups excluding carboxylic acids is 2. The number of nitrogens with one attached hydrogen (secondary N) is 3. The maximum absolute atomic E-state index is 13.2. The molecule has 2 aliphatic rings. The molecule has 2 amide bonds. The van der Waals surface area contributed by atoms with Gasteiger partial charge in [-0.1, -0.05) is 18.2 Å². The minimum absolute atomic E-state index is 0.212. The highest BCUT2D eigenvalue weighted by molar-refractivity contribution is 6.16. The van der Waals surface area contributed by atoms with Gasteiger partial charge in [-0.3, -0.25) is 9.59 Å². The van der Waals surface area contributed by atoms with Gasteiger partial charge in [0.1, 0.15) is 34.3 Å². The fourth-order valence-electron chi connectivity index (χ4n) is 4.30. The highest BCUT2D eigenvalue weighted by atomic mass is 19.1. The molecule has 1 aliphatic carbocycles. The predicted octanol–water partition coefficient (Wildman–Crippen LogP) is 6.05. The molecule has 6 rings (SSSR count). The summed E-state index contributed by atoms with van der Waals surface area (Å²) in [6.07, 6.45) is 3.93. The van der Waals surface area contributed by atoms with Crippen molar-refractivity contribution in [1.82, 2.24) is 4.98 Å². The number of aliphatic imine (C=N–C) groups is 1. The summed E-state index contributed by atoms with van der Waals surface area (Å²) in [5.74, 6) is -0.164. The molecule has 3 aromatic carbocycles. The van der Waals surface area contributed by atoms with E-state index in [2.05, 4.69) is 32.0 Å². The Balaban J connectivity index is 1.17. The molecule has 10 heteroatoms. The van der Waals surface area contributed by atoms with Crippen molar-refractivity contribution in [3.63, 3.8) is 0 Å². The van der Waals surface area contributed by atoms with E-state index in [1.165, 1.54) is 30.5 Å². The SMILES string of the molecule is N#Cc1cnc2c(c1Oc1ccc(NC(=O)C3(C(=O)Nc4ccc(F)cc4)CC3)cc1)N=Cc1ccccc1N2. The summed E-state index contributed by atoms with van der Waals surface area (Å²) in [7, 11) is 0. The maximum atomic E-state index is 13.2. The average molecular weight is 533 g/mol. The van der Waals surface area contributed by atoms with E-state index in [1.54, 1.807) is 30.5 Å². The zero-order valence-corrected chi connectivity index (χ0v) is 20.9. The van der Waals surface area contributed by atoms with Crippen LogP contribution in [0.4, 0.5) is 33.0 Å². The number of hydrogen-bond acceptors (Lipinski definition) is 7. The standard InChI is InChI=1S/C30H21FN6O3/c31-20-5-7-21(8-6-20)35-28(38)30(13-14-30)29(39)36-22-9-11-23(12-10-22)40-26-19(15-32)17-34-27-25(26)33-16-18-3-1-2-4-24(18)37-27/h1-12,16-17H,13-14H2,(H,34,37)(H,35,38)(H,36,39). The molecule has 1 fully saturated rings. The van der Waals surface area contributed by atoms with Crippen LogP contribution in [-0.4, -0.2) is 23.0 Å². The predicted molar refractivity (Wildman–Crippen MR) is 148 cm³/mol. The lowest BCUT2D eigenvalue weighted by molar-refractivity contribution is -0.131. The van der Waals surface area contributed by atoms with E-state index in [0.29, 0.717) is 41.5 Å². The third-order valence-electron chi connectivity index (χ3n) is 6.73. The van der Waals surface area contributed by atoms with Gasteiger partial charge in [0, 0.05) is 28.8 Å². The van der Waals surface area contributed by atoms with Gasteiger partial charge in [0.05, 0.1) is 6.20 Å². The van der Waals surface area contributed by atoms with Gasteiger partial charge in [0.25, 0.3) is 0 Å². The van der Waals surface area contributed by atoms with Gasteiger partial charge in [0.2, 0.25) is 11.8 Å². The molecule has 196 valence electrons. The summed E-state index contributed by atoms with van der Waals surface area (Å²) in [5.41, 5.74) is 2.00. The summed E-state index contributed by atoms with van der Waals surface area (Å²) in [6.45, 7) is 0. The third kappa shape index (κ3) is 4.72. The van der Waals surface area contributed by atoms with E-state index in [0.717, 1.165) is 11.3 Å². The van der Waals surface area contributed by atoms with Gasteiger partial charge in [-0.2, -0.15) is 5.26 Å². The van der Waals surface area contributed by atoms with E-state index in [9.17, 15) is 19.2 Å². The lowest BCUT2D eigenvalue weighted by atomic mass is 10.0. The highest BCUT2D eigenvalue weighted by Gasteiger charge is 2.56. The molecular weight excluding hydrogens is 511 g/mol. The van der Waals surface area contributed by atoms with Gasteiger partial charge in [-0.15, -0.1) is 0 Å². The topological polar surface area (TPSA) is 128 Å². The number of pyridine rings is 1. The number of nitriles is 1. The number of benzene rings is 3. The minimum atomic E-state index is -1.18. The number of nitrogens with zero attached hydrogens (tertiary/aromatic N) is 3. The summed E-state index contributed by atoms with van der Waals surface area (Å²) >= 11 is 0. The second-order valence-corrected chi connectivity index (χ2v) is 9.40. The zero-order valence-electron chi connectivity index (χ0n) is 20.9. The quantitative estimate of drug-likeness (QED) is 0.228. The molecule has 0 atom stereocenters. The molecule has 40 heavy (non-hydrogen) atoms. The molecule has 0 spiro atoms. The van der Waals surface area contributed by atoms with Crippen LogP contribution < -0.4 is 20.7 Å². The number of aromatic nitrogens is 1. The molecule has 0 saturated heterocycles. The average Bonchev–Trinajstić information content (AvgIpc) is 3.80. The summed E-state index contributed by atoms with van der Waals surface area (Å²) in [4.78, 5) is 34.7. The monoisotopic (exact) mass is 532 g/mol. The Kier molecular flexibility index (Phi) is 6.16. The van der Waals surface area contributed by atoms with Crippen LogP contribution in [0.3, 0.4) is 0 Å². The Morgan fingerprint density at radius 2 is 1.60 bits per heavy atom. The first kappa shape index (κ1) is 24.8. The first-order valence-electron chi connectivity index (χ1n) is 12.4. The molecule has 4 aromatic rings. The van der Waals surface area contributed by atoms with E-state index < -0.39 is 23.0 Å². The van der Waals surface area contributed by atoms with Crippen LogP contribution in [0.2, 0.25) is 0 Å². The Hall–Kier alpha value is -5.56. The fourth-order valence-corrected chi connectivity index (χ4v) is 4.30. The van der Waals surface area contributed by atoms with E-state index >= 15 is 0 Å².